The molecule has 1 aliphatic rings. The van der Waals surface area contributed by atoms with Gasteiger partial charge in [-0.15, -0.1) is 24.0 Å². The van der Waals surface area contributed by atoms with Crippen LogP contribution in [0.2, 0.25) is 0 Å². The summed E-state index contributed by atoms with van der Waals surface area (Å²) in [7, 11) is 0. The minimum absolute atomic E-state index is 0. The molecule has 0 amide bonds. The molecule has 3 N–H and O–H groups in total. The van der Waals surface area contributed by atoms with E-state index in [0.29, 0.717) is 31.0 Å². The molecule has 0 radical (unpaired) electrons. The van der Waals surface area contributed by atoms with Crippen LogP contribution in [-0.4, -0.2) is 23.6 Å². The quantitative estimate of drug-likeness (QED) is 0.299. The highest BCUT2D eigenvalue weighted by atomic mass is 127. The smallest absolute Gasteiger partial charge is 0.218 e. The summed E-state index contributed by atoms with van der Waals surface area (Å²) in [5.41, 5.74) is 6.98. The van der Waals surface area contributed by atoms with E-state index in [1.165, 1.54) is 32.1 Å². The van der Waals surface area contributed by atoms with Crippen molar-refractivity contribution in [2.45, 2.75) is 64.5 Å². The number of aromatic nitrogens is 1. The third-order valence-corrected chi connectivity index (χ3v) is 3.96. The van der Waals surface area contributed by atoms with Crippen molar-refractivity contribution in [1.82, 2.24) is 10.3 Å². The fourth-order valence-corrected chi connectivity index (χ4v) is 2.66. The van der Waals surface area contributed by atoms with Crippen LogP contribution in [0.25, 0.3) is 0 Å². The summed E-state index contributed by atoms with van der Waals surface area (Å²) < 4.78 is 5.72. The van der Waals surface area contributed by atoms with Crippen LogP contribution < -0.4 is 15.8 Å². The zero-order valence-electron chi connectivity index (χ0n) is 14.0. The van der Waals surface area contributed by atoms with Crippen LogP contribution in [0.5, 0.6) is 5.88 Å². The number of nitrogens with two attached hydrogens (primary N) is 1. The Morgan fingerprint density at radius 2 is 2.17 bits per heavy atom. The Hall–Kier alpha value is -1.05. The first-order chi connectivity index (χ1) is 10.8. The molecule has 0 atom stereocenters. The standard InChI is InChI=1S/C17H28N4O.HI/c1-2-3-12-22-16-14(8-7-11-19-16)13-20-17(18)21-15-9-5-4-6-10-15;/h7-8,11,15H,2-6,9-10,12-13H2,1H3,(H3,18,20,21);1H. The first-order valence-corrected chi connectivity index (χ1v) is 8.42. The summed E-state index contributed by atoms with van der Waals surface area (Å²) in [6.45, 7) is 3.34. The second-order valence-corrected chi connectivity index (χ2v) is 5.85. The summed E-state index contributed by atoms with van der Waals surface area (Å²) in [6.07, 6.45) is 10.2. The molecule has 0 spiro atoms. The predicted octanol–water partition coefficient (Wildman–Crippen LogP) is 3.62. The Morgan fingerprint density at radius 1 is 1.39 bits per heavy atom. The Balaban J connectivity index is 0.00000264. The van der Waals surface area contributed by atoms with Crippen molar-refractivity contribution < 1.29 is 4.74 Å². The molecule has 1 aliphatic carbocycles. The fourth-order valence-electron chi connectivity index (χ4n) is 2.66. The van der Waals surface area contributed by atoms with E-state index < -0.39 is 0 Å². The van der Waals surface area contributed by atoms with Crippen molar-refractivity contribution in [2.24, 2.45) is 10.7 Å². The summed E-state index contributed by atoms with van der Waals surface area (Å²) in [6, 6.07) is 4.38. The number of rotatable bonds is 7. The lowest BCUT2D eigenvalue weighted by atomic mass is 9.96. The number of hydrogen-bond acceptors (Lipinski definition) is 3. The topological polar surface area (TPSA) is 72.5 Å². The molecule has 1 saturated carbocycles. The largest absolute Gasteiger partial charge is 0.477 e. The van der Waals surface area contributed by atoms with Gasteiger partial charge in [-0.3, -0.25) is 0 Å². The van der Waals surface area contributed by atoms with Crippen LogP contribution in [0.15, 0.2) is 23.3 Å². The normalized spacial score (nSPS) is 15.8. The molecular weight excluding hydrogens is 403 g/mol. The van der Waals surface area contributed by atoms with Gasteiger partial charge in [0.2, 0.25) is 5.88 Å². The molecule has 0 unspecified atom stereocenters. The predicted molar refractivity (Wildman–Crippen MR) is 105 cm³/mol. The van der Waals surface area contributed by atoms with Crippen molar-refractivity contribution in [1.29, 1.82) is 0 Å². The van der Waals surface area contributed by atoms with Crippen molar-refractivity contribution in [3.8, 4) is 5.88 Å². The molecule has 6 heteroatoms. The van der Waals surface area contributed by atoms with Crippen LogP contribution in [0.3, 0.4) is 0 Å². The number of nitrogens with one attached hydrogen (secondary N) is 1. The van der Waals surface area contributed by atoms with Crippen molar-refractivity contribution in [3.63, 3.8) is 0 Å². The second kappa shape index (κ2) is 11.5. The van der Waals surface area contributed by atoms with Crippen molar-refractivity contribution in [3.05, 3.63) is 23.9 Å². The molecule has 1 fully saturated rings. The minimum atomic E-state index is 0. The molecule has 0 bridgehead atoms. The fraction of sp³-hybridized carbons (Fsp3) is 0.647. The zero-order valence-corrected chi connectivity index (χ0v) is 16.3. The van der Waals surface area contributed by atoms with E-state index in [4.69, 9.17) is 10.5 Å². The lowest BCUT2D eigenvalue weighted by Crippen LogP contribution is -2.41. The van der Waals surface area contributed by atoms with Crippen LogP contribution in [0.1, 0.15) is 57.4 Å². The van der Waals surface area contributed by atoms with Crippen molar-refractivity contribution in [2.75, 3.05) is 6.61 Å². The van der Waals surface area contributed by atoms with Gasteiger partial charge in [-0.25, -0.2) is 9.98 Å². The molecule has 23 heavy (non-hydrogen) atoms. The van der Waals surface area contributed by atoms with E-state index in [1.807, 2.05) is 12.1 Å². The van der Waals surface area contributed by atoms with Gasteiger partial charge < -0.3 is 15.8 Å². The van der Waals surface area contributed by atoms with Gasteiger partial charge in [0.05, 0.1) is 13.2 Å². The van der Waals surface area contributed by atoms with E-state index in [-0.39, 0.29) is 24.0 Å². The van der Waals surface area contributed by atoms with Crippen LogP contribution in [-0.2, 0) is 6.54 Å². The van der Waals surface area contributed by atoms with Gasteiger partial charge in [0.15, 0.2) is 5.96 Å². The molecule has 1 aromatic rings. The van der Waals surface area contributed by atoms with E-state index in [1.54, 1.807) is 6.20 Å². The Bertz CT molecular complexity index is 475. The Morgan fingerprint density at radius 3 is 2.91 bits per heavy atom. The Labute approximate surface area is 156 Å². The molecule has 1 heterocycles. The monoisotopic (exact) mass is 432 g/mol. The maximum atomic E-state index is 6.00. The summed E-state index contributed by atoms with van der Waals surface area (Å²) >= 11 is 0. The summed E-state index contributed by atoms with van der Waals surface area (Å²) in [5.74, 6) is 1.19. The molecule has 1 aromatic heterocycles. The number of halogens is 1. The molecule has 0 saturated heterocycles. The first kappa shape index (κ1) is 20.0. The number of aliphatic imine (C=N–C) groups is 1. The van der Waals surface area contributed by atoms with Gasteiger partial charge in [-0.2, -0.15) is 0 Å². The maximum absolute atomic E-state index is 6.00. The van der Waals surface area contributed by atoms with E-state index in [0.717, 1.165) is 18.4 Å². The van der Waals surface area contributed by atoms with Gasteiger partial charge in [0.1, 0.15) is 0 Å². The number of pyridine rings is 1. The Kier molecular flexibility index (Phi) is 9.98. The van der Waals surface area contributed by atoms with E-state index >= 15 is 0 Å². The molecule has 5 nitrogen and oxygen atoms in total. The van der Waals surface area contributed by atoms with Gasteiger partial charge >= 0.3 is 0 Å². The molecule has 2 rings (SSSR count). The number of hydrogen-bond donors (Lipinski definition) is 2. The molecule has 0 aliphatic heterocycles. The van der Waals surface area contributed by atoms with Gasteiger partial charge in [-0.05, 0) is 25.3 Å². The lowest BCUT2D eigenvalue weighted by Gasteiger charge is -2.23. The average Bonchev–Trinajstić information content (AvgIpc) is 2.55. The van der Waals surface area contributed by atoms with Gasteiger partial charge in [0, 0.05) is 17.8 Å². The van der Waals surface area contributed by atoms with Gasteiger partial charge in [-0.1, -0.05) is 38.7 Å². The SMILES string of the molecule is CCCCOc1ncccc1CN=C(N)NC1CCCCC1.I. The van der Waals surface area contributed by atoms with Crippen LogP contribution in [0, 0.1) is 0 Å². The summed E-state index contributed by atoms with van der Waals surface area (Å²) in [4.78, 5) is 8.73. The second-order valence-electron chi connectivity index (χ2n) is 5.85. The van der Waals surface area contributed by atoms with E-state index in [9.17, 15) is 0 Å². The highest BCUT2D eigenvalue weighted by molar-refractivity contribution is 14.0. The minimum Gasteiger partial charge on any atom is -0.477 e. The molecular formula is C17H29IN4O. The molecule has 0 aromatic carbocycles. The lowest BCUT2D eigenvalue weighted by molar-refractivity contribution is 0.294. The maximum Gasteiger partial charge on any atom is 0.218 e. The van der Waals surface area contributed by atoms with Gasteiger partial charge in [0.25, 0.3) is 0 Å². The van der Waals surface area contributed by atoms with Crippen molar-refractivity contribution >= 4 is 29.9 Å². The zero-order chi connectivity index (χ0) is 15.6. The van der Waals surface area contributed by atoms with Crippen LogP contribution >= 0.6 is 24.0 Å². The molecule has 130 valence electrons. The third kappa shape index (κ3) is 7.37. The number of guanidine groups is 1. The highest BCUT2D eigenvalue weighted by Gasteiger charge is 2.13. The number of unbranched alkanes of at least 4 members (excludes halogenated alkanes) is 1. The van der Waals surface area contributed by atoms with E-state index in [2.05, 4.69) is 22.2 Å². The number of ether oxygens (including phenoxy) is 1. The highest BCUT2D eigenvalue weighted by Crippen LogP contribution is 2.18. The van der Waals surface area contributed by atoms with Crippen LogP contribution in [0.4, 0.5) is 0 Å². The third-order valence-electron chi connectivity index (χ3n) is 3.96. The number of nitrogens with zero attached hydrogens (tertiary/aromatic N) is 2. The summed E-state index contributed by atoms with van der Waals surface area (Å²) in [5, 5.41) is 3.33. The average molecular weight is 432 g/mol. The first-order valence-electron chi connectivity index (χ1n) is 8.42.